The minimum absolute atomic E-state index is 0.398. The highest BCUT2D eigenvalue weighted by Gasteiger charge is 2.29. The van der Waals surface area contributed by atoms with Crippen LogP contribution in [0.4, 0.5) is 5.82 Å². The predicted octanol–water partition coefficient (Wildman–Crippen LogP) is 2.01. The number of aromatic nitrogens is 2. The number of hydrogen-bond donors (Lipinski definition) is 0. The Morgan fingerprint density at radius 3 is 2.93 bits per heavy atom. The van der Waals surface area contributed by atoms with Crippen molar-refractivity contribution in [3.63, 3.8) is 0 Å². The first-order valence-electron chi connectivity index (χ1n) is 4.92. The Morgan fingerprint density at radius 1 is 1.53 bits per heavy atom. The second-order valence-electron chi connectivity index (χ2n) is 3.53. The lowest BCUT2D eigenvalue weighted by Gasteiger charge is -2.21. The molecule has 0 saturated heterocycles. The quantitative estimate of drug-likeness (QED) is 0.782. The summed E-state index contributed by atoms with van der Waals surface area (Å²) in [6.07, 6.45) is 6.05. The molecule has 2 rings (SSSR count). The van der Waals surface area contributed by atoms with E-state index in [2.05, 4.69) is 20.9 Å². The molecular weight excluding hydrogens is 212 g/mol. The van der Waals surface area contributed by atoms with E-state index in [1.54, 1.807) is 6.20 Å². The van der Waals surface area contributed by atoms with Gasteiger partial charge in [-0.1, -0.05) is 11.6 Å². The highest BCUT2D eigenvalue weighted by molar-refractivity contribution is 6.29. The van der Waals surface area contributed by atoms with Crippen molar-refractivity contribution in [2.45, 2.75) is 25.3 Å². The van der Waals surface area contributed by atoms with E-state index in [1.165, 1.54) is 19.0 Å². The highest BCUT2D eigenvalue weighted by Crippen LogP contribution is 2.30. The third-order valence-corrected chi connectivity index (χ3v) is 2.52. The van der Waals surface area contributed by atoms with Gasteiger partial charge < -0.3 is 4.90 Å². The topological polar surface area (TPSA) is 52.8 Å². The molecule has 0 spiro atoms. The Balaban J connectivity index is 2.13. The monoisotopic (exact) mass is 222 g/mol. The third kappa shape index (κ3) is 2.57. The molecule has 1 aliphatic rings. The van der Waals surface area contributed by atoms with Crippen LogP contribution in [0.15, 0.2) is 12.4 Å². The number of nitrogens with zero attached hydrogens (tertiary/aromatic N) is 4. The van der Waals surface area contributed by atoms with E-state index in [1.807, 2.05) is 0 Å². The number of halogens is 1. The number of anilines is 1. The number of nitriles is 1. The summed E-state index contributed by atoms with van der Waals surface area (Å²) in [5.41, 5.74) is 0. The molecule has 0 N–H and O–H groups in total. The van der Waals surface area contributed by atoms with E-state index in [4.69, 9.17) is 16.9 Å². The summed E-state index contributed by atoms with van der Waals surface area (Å²) < 4.78 is 0. The number of rotatable bonds is 4. The second-order valence-corrected chi connectivity index (χ2v) is 3.92. The van der Waals surface area contributed by atoms with Crippen LogP contribution in [0.25, 0.3) is 0 Å². The second kappa shape index (κ2) is 4.45. The Labute approximate surface area is 93.5 Å². The molecule has 1 aromatic rings. The van der Waals surface area contributed by atoms with Crippen molar-refractivity contribution in [2.75, 3.05) is 11.4 Å². The Morgan fingerprint density at radius 2 is 2.33 bits per heavy atom. The van der Waals surface area contributed by atoms with Gasteiger partial charge in [-0.05, 0) is 12.8 Å². The first kappa shape index (κ1) is 10.2. The largest absolute Gasteiger partial charge is 0.351 e. The molecule has 0 amide bonds. The molecule has 1 aliphatic carbocycles. The summed E-state index contributed by atoms with van der Waals surface area (Å²) in [5, 5.41) is 8.98. The highest BCUT2D eigenvalue weighted by atomic mass is 35.5. The van der Waals surface area contributed by atoms with Gasteiger partial charge in [0.05, 0.1) is 24.9 Å². The van der Waals surface area contributed by atoms with Crippen LogP contribution in [0.2, 0.25) is 5.15 Å². The molecule has 0 aliphatic heterocycles. The van der Waals surface area contributed by atoms with E-state index in [0.29, 0.717) is 24.2 Å². The van der Waals surface area contributed by atoms with Gasteiger partial charge in [0.15, 0.2) is 0 Å². The van der Waals surface area contributed by atoms with Crippen LogP contribution in [-0.4, -0.2) is 22.6 Å². The average Bonchev–Trinajstić information content (AvgIpc) is 3.03. The van der Waals surface area contributed by atoms with Crippen LogP contribution in [-0.2, 0) is 0 Å². The fourth-order valence-electron chi connectivity index (χ4n) is 1.51. The lowest BCUT2D eigenvalue weighted by atomic mass is 10.4. The zero-order valence-corrected chi connectivity index (χ0v) is 8.98. The van der Waals surface area contributed by atoms with Crippen molar-refractivity contribution in [3.8, 4) is 6.07 Å². The SMILES string of the molecule is N#CCCN(c1cncc(Cl)n1)C1CC1. The Hall–Kier alpha value is -1.34. The van der Waals surface area contributed by atoms with Crippen molar-refractivity contribution in [1.82, 2.24) is 9.97 Å². The lowest BCUT2D eigenvalue weighted by Crippen LogP contribution is -2.27. The van der Waals surface area contributed by atoms with Crippen molar-refractivity contribution in [1.29, 1.82) is 5.26 Å². The summed E-state index contributed by atoms with van der Waals surface area (Å²) in [7, 11) is 0. The third-order valence-electron chi connectivity index (χ3n) is 2.34. The molecule has 1 heterocycles. The van der Waals surface area contributed by atoms with Crippen LogP contribution in [0, 0.1) is 11.3 Å². The van der Waals surface area contributed by atoms with Gasteiger partial charge in [-0.15, -0.1) is 0 Å². The van der Waals surface area contributed by atoms with Gasteiger partial charge in [-0.3, -0.25) is 4.98 Å². The molecule has 1 fully saturated rings. The summed E-state index contributed by atoms with van der Waals surface area (Å²) in [5.74, 6) is 0.778. The van der Waals surface area contributed by atoms with Crippen molar-refractivity contribution < 1.29 is 0 Å². The van der Waals surface area contributed by atoms with Crippen LogP contribution in [0.5, 0.6) is 0 Å². The molecule has 78 valence electrons. The molecule has 15 heavy (non-hydrogen) atoms. The van der Waals surface area contributed by atoms with E-state index < -0.39 is 0 Å². The van der Waals surface area contributed by atoms with E-state index in [9.17, 15) is 0 Å². The Kier molecular flexibility index (Phi) is 3.02. The fourth-order valence-corrected chi connectivity index (χ4v) is 1.65. The first-order chi connectivity index (χ1) is 7.31. The van der Waals surface area contributed by atoms with Gasteiger partial charge in [-0.2, -0.15) is 5.26 Å². The molecule has 0 bridgehead atoms. The maximum atomic E-state index is 8.58. The van der Waals surface area contributed by atoms with E-state index >= 15 is 0 Å². The molecule has 1 aromatic heterocycles. The minimum atomic E-state index is 0.398. The van der Waals surface area contributed by atoms with Gasteiger partial charge in [-0.25, -0.2) is 4.98 Å². The van der Waals surface area contributed by atoms with Crippen LogP contribution in [0.1, 0.15) is 19.3 Å². The summed E-state index contributed by atoms with van der Waals surface area (Å²) in [6, 6.07) is 2.66. The lowest BCUT2D eigenvalue weighted by molar-refractivity contribution is 0.774. The van der Waals surface area contributed by atoms with E-state index in [-0.39, 0.29) is 0 Å². The maximum Gasteiger partial charge on any atom is 0.149 e. The standard InChI is InChI=1S/C10H11ClN4/c11-9-6-13-7-10(14-9)15(5-1-4-12)8-2-3-8/h6-8H,1-3,5H2. The Bertz CT molecular complexity index is 383. The minimum Gasteiger partial charge on any atom is -0.351 e. The maximum absolute atomic E-state index is 8.58. The van der Waals surface area contributed by atoms with Gasteiger partial charge >= 0.3 is 0 Å². The first-order valence-corrected chi connectivity index (χ1v) is 5.30. The molecule has 0 unspecified atom stereocenters. The zero-order valence-electron chi connectivity index (χ0n) is 8.23. The fraction of sp³-hybridized carbons (Fsp3) is 0.500. The summed E-state index contributed by atoms with van der Waals surface area (Å²) in [4.78, 5) is 10.3. The molecular formula is C10H11ClN4. The molecule has 0 aromatic carbocycles. The molecule has 1 saturated carbocycles. The average molecular weight is 223 g/mol. The smallest absolute Gasteiger partial charge is 0.149 e. The summed E-state index contributed by atoms with van der Waals surface area (Å²) in [6.45, 7) is 0.705. The van der Waals surface area contributed by atoms with Crippen molar-refractivity contribution >= 4 is 17.4 Å². The van der Waals surface area contributed by atoms with Crippen molar-refractivity contribution in [3.05, 3.63) is 17.5 Å². The normalized spacial score (nSPS) is 14.7. The molecule has 4 nitrogen and oxygen atoms in total. The number of hydrogen-bond acceptors (Lipinski definition) is 4. The summed E-state index contributed by atoms with van der Waals surface area (Å²) >= 11 is 5.78. The van der Waals surface area contributed by atoms with Crippen molar-refractivity contribution in [2.24, 2.45) is 0 Å². The van der Waals surface area contributed by atoms with Gasteiger partial charge in [0.25, 0.3) is 0 Å². The predicted molar refractivity (Wildman–Crippen MR) is 57.6 cm³/mol. The zero-order chi connectivity index (χ0) is 10.7. The van der Waals surface area contributed by atoms with Gasteiger partial charge in [0, 0.05) is 12.6 Å². The van der Waals surface area contributed by atoms with Gasteiger partial charge in [0.2, 0.25) is 0 Å². The molecule has 0 atom stereocenters. The molecule has 5 heteroatoms. The van der Waals surface area contributed by atoms with Crippen LogP contribution < -0.4 is 4.90 Å². The van der Waals surface area contributed by atoms with Crippen LogP contribution >= 0.6 is 11.6 Å². The molecule has 0 radical (unpaired) electrons. The van der Waals surface area contributed by atoms with E-state index in [0.717, 1.165) is 5.82 Å². The van der Waals surface area contributed by atoms with Crippen LogP contribution in [0.3, 0.4) is 0 Å². The van der Waals surface area contributed by atoms with Gasteiger partial charge in [0.1, 0.15) is 11.0 Å².